The van der Waals surface area contributed by atoms with Crippen molar-refractivity contribution in [2.24, 2.45) is 5.10 Å². The maximum absolute atomic E-state index is 10.7. The molecule has 0 aliphatic heterocycles. The van der Waals surface area contributed by atoms with Gasteiger partial charge in [0.1, 0.15) is 0 Å². The second-order valence-corrected chi connectivity index (χ2v) is 7.12. The number of halogens is 1. The Bertz CT molecular complexity index is 1020. The van der Waals surface area contributed by atoms with E-state index >= 15 is 0 Å². The second-order valence-electron chi connectivity index (χ2n) is 6.27. The van der Waals surface area contributed by atoms with Gasteiger partial charge in [0, 0.05) is 39.2 Å². The van der Waals surface area contributed by atoms with Crippen LogP contribution in [0.25, 0.3) is 5.69 Å². The predicted molar refractivity (Wildman–Crippen MR) is 112 cm³/mol. The molecule has 0 atom stereocenters. The summed E-state index contributed by atoms with van der Waals surface area (Å²) in [5.41, 5.74) is 9.13. The molecule has 7 heteroatoms. The van der Waals surface area contributed by atoms with Crippen molar-refractivity contribution in [1.29, 1.82) is 0 Å². The first-order chi connectivity index (χ1) is 12.9. The monoisotopic (exact) mass is 426 g/mol. The minimum atomic E-state index is -0.425. The van der Waals surface area contributed by atoms with Crippen LogP contribution in [0.1, 0.15) is 22.5 Å². The van der Waals surface area contributed by atoms with Crippen molar-refractivity contribution in [2.75, 3.05) is 5.43 Å². The standard InChI is InChI=1S/C20H19BrN4O2/c1-13-10-19(8-9-20(13)21)24-14(2)11-16(15(24)3)12-22-23-17-4-6-18(7-5-17)25(26)27/h4-12,23H,1-3H3/b22-12+. The van der Waals surface area contributed by atoms with Crippen molar-refractivity contribution in [3.05, 3.63) is 85.6 Å². The predicted octanol–water partition coefficient (Wildman–Crippen LogP) is 5.52. The summed E-state index contributed by atoms with van der Waals surface area (Å²) in [5, 5.41) is 15.0. The number of non-ortho nitro benzene ring substituents is 1. The van der Waals surface area contributed by atoms with E-state index in [1.165, 1.54) is 17.7 Å². The fourth-order valence-electron chi connectivity index (χ4n) is 2.92. The number of hydrogen-bond donors (Lipinski definition) is 1. The number of nitrogens with zero attached hydrogens (tertiary/aromatic N) is 3. The van der Waals surface area contributed by atoms with Crippen LogP contribution in [0.5, 0.6) is 0 Å². The van der Waals surface area contributed by atoms with Gasteiger partial charge in [-0.2, -0.15) is 5.10 Å². The Balaban J connectivity index is 1.80. The van der Waals surface area contributed by atoms with Gasteiger partial charge in [-0.25, -0.2) is 0 Å². The molecule has 0 fully saturated rings. The van der Waals surface area contributed by atoms with Crippen molar-refractivity contribution in [3.63, 3.8) is 0 Å². The van der Waals surface area contributed by atoms with Gasteiger partial charge in [-0.1, -0.05) is 15.9 Å². The first-order valence-corrected chi connectivity index (χ1v) is 9.15. The van der Waals surface area contributed by atoms with E-state index in [9.17, 15) is 10.1 Å². The molecule has 0 spiro atoms. The first kappa shape index (κ1) is 18.8. The van der Waals surface area contributed by atoms with Crippen LogP contribution in [0.2, 0.25) is 0 Å². The van der Waals surface area contributed by atoms with Gasteiger partial charge in [-0.15, -0.1) is 0 Å². The molecule has 0 saturated carbocycles. The van der Waals surface area contributed by atoms with Crippen molar-refractivity contribution in [3.8, 4) is 5.69 Å². The molecule has 1 N–H and O–H groups in total. The van der Waals surface area contributed by atoms with Gasteiger partial charge in [0.2, 0.25) is 0 Å². The minimum absolute atomic E-state index is 0.0536. The summed E-state index contributed by atoms with van der Waals surface area (Å²) in [5.74, 6) is 0. The molecule has 138 valence electrons. The zero-order valence-corrected chi connectivity index (χ0v) is 16.8. The Morgan fingerprint density at radius 2 is 1.81 bits per heavy atom. The first-order valence-electron chi connectivity index (χ1n) is 8.36. The van der Waals surface area contributed by atoms with Gasteiger partial charge in [0.05, 0.1) is 16.8 Å². The molecule has 6 nitrogen and oxygen atoms in total. The van der Waals surface area contributed by atoms with Crippen LogP contribution in [0.15, 0.2) is 58.1 Å². The van der Waals surface area contributed by atoms with E-state index in [0.29, 0.717) is 5.69 Å². The molecule has 0 unspecified atom stereocenters. The number of benzene rings is 2. The van der Waals surface area contributed by atoms with E-state index in [1.807, 2.05) is 6.07 Å². The largest absolute Gasteiger partial charge is 0.318 e. The molecule has 0 bridgehead atoms. The van der Waals surface area contributed by atoms with E-state index in [4.69, 9.17) is 0 Å². The minimum Gasteiger partial charge on any atom is -0.318 e. The van der Waals surface area contributed by atoms with E-state index in [2.05, 4.69) is 70.0 Å². The number of rotatable bonds is 5. The van der Waals surface area contributed by atoms with Crippen LogP contribution in [0.3, 0.4) is 0 Å². The molecule has 2 aromatic carbocycles. The summed E-state index contributed by atoms with van der Waals surface area (Å²) < 4.78 is 3.27. The highest BCUT2D eigenvalue weighted by Gasteiger charge is 2.10. The van der Waals surface area contributed by atoms with Crippen LogP contribution in [0, 0.1) is 30.9 Å². The molecule has 0 amide bonds. The van der Waals surface area contributed by atoms with Crippen LogP contribution >= 0.6 is 15.9 Å². The zero-order valence-electron chi connectivity index (χ0n) is 15.2. The second kappa shape index (κ2) is 7.75. The molecular weight excluding hydrogens is 408 g/mol. The summed E-state index contributed by atoms with van der Waals surface area (Å²) in [6.07, 6.45) is 1.76. The summed E-state index contributed by atoms with van der Waals surface area (Å²) in [7, 11) is 0. The third kappa shape index (κ3) is 4.09. The number of hydrogen-bond acceptors (Lipinski definition) is 4. The molecule has 1 heterocycles. The fraction of sp³-hybridized carbons (Fsp3) is 0.150. The van der Waals surface area contributed by atoms with Gasteiger partial charge in [0.15, 0.2) is 0 Å². The Kier molecular flexibility index (Phi) is 5.41. The maximum Gasteiger partial charge on any atom is 0.269 e. The Hall–Kier alpha value is -2.93. The molecule has 27 heavy (non-hydrogen) atoms. The van der Waals surface area contributed by atoms with E-state index in [0.717, 1.165) is 27.1 Å². The van der Waals surface area contributed by atoms with E-state index < -0.39 is 4.92 Å². The van der Waals surface area contributed by atoms with Crippen LogP contribution in [-0.4, -0.2) is 15.7 Å². The lowest BCUT2D eigenvalue weighted by Gasteiger charge is -2.11. The zero-order chi connectivity index (χ0) is 19.6. The average molecular weight is 427 g/mol. The van der Waals surface area contributed by atoms with Crippen molar-refractivity contribution in [1.82, 2.24) is 4.57 Å². The normalized spacial score (nSPS) is 11.1. The van der Waals surface area contributed by atoms with E-state index in [1.54, 1.807) is 18.3 Å². The molecular formula is C20H19BrN4O2. The number of hydrazone groups is 1. The average Bonchev–Trinajstić information content (AvgIpc) is 2.92. The van der Waals surface area contributed by atoms with Crippen molar-refractivity contribution >= 4 is 33.5 Å². The number of nitro benzene ring substituents is 1. The summed E-state index contributed by atoms with van der Waals surface area (Å²) in [4.78, 5) is 10.3. The molecule has 0 radical (unpaired) electrons. The lowest BCUT2D eigenvalue weighted by Crippen LogP contribution is -2.00. The highest BCUT2D eigenvalue weighted by molar-refractivity contribution is 9.10. The Morgan fingerprint density at radius 1 is 1.11 bits per heavy atom. The third-order valence-electron chi connectivity index (χ3n) is 4.35. The fourth-order valence-corrected chi connectivity index (χ4v) is 3.16. The van der Waals surface area contributed by atoms with Crippen LogP contribution in [0.4, 0.5) is 11.4 Å². The highest BCUT2D eigenvalue weighted by atomic mass is 79.9. The number of aromatic nitrogens is 1. The number of nitrogens with one attached hydrogen (secondary N) is 1. The Labute approximate surface area is 165 Å². The number of aryl methyl sites for hydroxylation is 2. The molecule has 3 rings (SSSR count). The summed E-state index contributed by atoms with van der Waals surface area (Å²) in [6, 6.07) is 14.5. The third-order valence-corrected chi connectivity index (χ3v) is 5.24. The van der Waals surface area contributed by atoms with Gasteiger partial charge in [-0.05, 0) is 62.7 Å². The molecule has 3 aromatic rings. The maximum atomic E-state index is 10.7. The molecule has 1 aromatic heterocycles. The van der Waals surface area contributed by atoms with Gasteiger partial charge in [0.25, 0.3) is 5.69 Å². The number of anilines is 1. The lowest BCUT2D eigenvalue weighted by atomic mass is 10.2. The molecule has 0 aliphatic rings. The van der Waals surface area contributed by atoms with Crippen LogP contribution < -0.4 is 5.43 Å². The number of nitro groups is 1. The van der Waals surface area contributed by atoms with Crippen molar-refractivity contribution in [2.45, 2.75) is 20.8 Å². The Morgan fingerprint density at radius 3 is 2.44 bits per heavy atom. The van der Waals surface area contributed by atoms with E-state index in [-0.39, 0.29) is 5.69 Å². The summed E-state index contributed by atoms with van der Waals surface area (Å²) >= 11 is 3.54. The highest BCUT2D eigenvalue weighted by Crippen LogP contribution is 2.24. The van der Waals surface area contributed by atoms with Gasteiger partial charge in [-0.3, -0.25) is 15.5 Å². The smallest absolute Gasteiger partial charge is 0.269 e. The molecule has 0 saturated heterocycles. The van der Waals surface area contributed by atoms with Gasteiger partial charge < -0.3 is 4.57 Å². The molecule has 0 aliphatic carbocycles. The SMILES string of the molecule is Cc1cc(-n2c(C)cc(/C=N/Nc3ccc([N+](=O)[O-])cc3)c2C)ccc1Br. The van der Waals surface area contributed by atoms with Gasteiger partial charge >= 0.3 is 0 Å². The quantitative estimate of drug-likeness (QED) is 0.331. The topological polar surface area (TPSA) is 72.5 Å². The summed E-state index contributed by atoms with van der Waals surface area (Å²) in [6.45, 7) is 6.18. The lowest BCUT2D eigenvalue weighted by molar-refractivity contribution is -0.384. The van der Waals surface area contributed by atoms with Crippen molar-refractivity contribution < 1.29 is 4.92 Å². The van der Waals surface area contributed by atoms with Crippen LogP contribution in [-0.2, 0) is 0 Å².